The third kappa shape index (κ3) is 4.32. The summed E-state index contributed by atoms with van der Waals surface area (Å²) in [6, 6.07) is 18.3. The number of hydrogen-bond donors (Lipinski definition) is 2. The maximum absolute atomic E-state index is 12.8. The van der Waals surface area contributed by atoms with Crippen LogP contribution in [0.3, 0.4) is 0 Å². The van der Waals surface area contributed by atoms with Crippen LogP contribution >= 0.6 is 0 Å². The van der Waals surface area contributed by atoms with Crippen LogP contribution in [0.5, 0.6) is 11.5 Å². The number of nitrogens with one attached hydrogen (secondary N) is 1. The Bertz CT molecular complexity index is 1120. The Labute approximate surface area is 164 Å². The predicted octanol–water partition coefficient (Wildman–Crippen LogP) is 4.26. The minimum absolute atomic E-state index is 0.0773. The zero-order valence-electron chi connectivity index (χ0n) is 15.5. The Morgan fingerprint density at radius 2 is 1.75 bits per heavy atom. The summed E-state index contributed by atoms with van der Waals surface area (Å²) in [6.45, 7) is 1.83. The van der Waals surface area contributed by atoms with Crippen LogP contribution in [0.2, 0.25) is 0 Å². The lowest BCUT2D eigenvalue weighted by Crippen LogP contribution is -2.13. The van der Waals surface area contributed by atoms with Crippen molar-refractivity contribution in [3.63, 3.8) is 0 Å². The van der Waals surface area contributed by atoms with Crippen molar-refractivity contribution in [2.75, 3.05) is 11.8 Å². The van der Waals surface area contributed by atoms with Crippen LogP contribution in [-0.4, -0.2) is 26.8 Å². The smallest absolute Gasteiger partial charge is 0.262 e. The molecule has 0 spiro atoms. The number of rotatable bonds is 6. The van der Waals surface area contributed by atoms with Gasteiger partial charge in [0.15, 0.2) is 0 Å². The van der Waals surface area contributed by atoms with Gasteiger partial charge in [-0.25, -0.2) is 8.42 Å². The average Bonchev–Trinajstić information content (AvgIpc) is 2.68. The van der Waals surface area contributed by atoms with Gasteiger partial charge in [0, 0.05) is 11.8 Å². The first kappa shape index (κ1) is 19.4. The number of aryl methyl sites for hydroxylation is 1. The summed E-state index contributed by atoms with van der Waals surface area (Å²) in [5.41, 5.74) is 2.20. The number of aliphatic imine (C=N–C) groups is 1. The first-order valence-electron chi connectivity index (χ1n) is 8.49. The maximum atomic E-state index is 12.8. The second kappa shape index (κ2) is 8.14. The molecule has 0 aliphatic heterocycles. The number of sulfonamides is 1. The lowest BCUT2D eigenvalue weighted by Gasteiger charge is -2.12. The van der Waals surface area contributed by atoms with Crippen LogP contribution in [0.15, 0.2) is 76.6 Å². The van der Waals surface area contributed by atoms with Crippen molar-refractivity contribution in [3.8, 4) is 11.5 Å². The van der Waals surface area contributed by atoms with Crippen molar-refractivity contribution in [1.82, 2.24) is 0 Å². The summed E-state index contributed by atoms with van der Waals surface area (Å²) in [5.74, 6) is 0.529. The fourth-order valence-electron chi connectivity index (χ4n) is 2.56. The van der Waals surface area contributed by atoms with Crippen LogP contribution < -0.4 is 9.46 Å². The van der Waals surface area contributed by atoms with E-state index < -0.39 is 10.0 Å². The van der Waals surface area contributed by atoms with Gasteiger partial charge in [-0.3, -0.25) is 9.71 Å². The van der Waals surface area contributed by atoms with E-state index >= 15 is 0 Å². The predicted molar refractivity (Wildman–Crippen MR) is 110 cm³/mol. The molecule has 0 aromatic heterocycles. The second-order valence-corrected chi connectivity index (χ2v) is 7.75. The van der Waals surface area contributed by atoms with E-state index in [1.54, 1.807) is 54.6 Å². The molecule has 0 radical (unpaired) electrons. The van der Waals surface area contributed by atoms with Crippen molar-refractivity contribution in [2.45, 2.75) is 11.8 Å². The third-order valence-corrected chi connectivity index (χ3v) is 5.48. The SMILES string of the molecule is COc1ccccc1NS(=O)(=O)c1ccc(C)c(N=Cc2ccccc2O)c1. The van der Waals surface area contributed by atoms with E-state index in [0.29, 0.717) is 22.7 Å². The molecular weight excluding hydrogens is 376 g/mol. The van der Waals surface area contributed by atoms with Gasteiger partial charge in [-0.2, -0.15) is 0 Å². The highest BCUT2D eigenvalue weighted by Gasteiger charge is 2.17. The van der Waals surface area contributed by atoms with Crippen LogP contribution in [0.25, 0.3) is 0 Å². The highest BCUT2D eigenvalue weighted by molar-refractivity contribution is 7.92. The molecule has 6 nitrogen and oxygen atoms in total. The van der Waals surface area contributed by atoms with Crippen LogP contribution in [0.4, 0.5) is 11.4 Å². The molecule has 0 aliphatic rings. The number of nitrogens with zero attached hydrogens (tertiary/aromatic N) is 1. The van der Waals surface area contributed by atoms with Crippen molar-refractivity contribution >= 4 is 27.6 Å². The molecule has 0 saturated carbocycles. The molecule has 0 unspecified atom stereocenters. The summed E-state index contributed by atoms with van der Waals surface area (Å²) >= 11 is 0. The van der Waals surface area contributed by atoms with Gasteiger partial charge in [0.25, 0.3) is 10.0 Å². The zero-order chi connectivity index (χ0) is 20.1. The quantitative estimate of drug-likeness (QED) is 0.610. The van der Waals surface area contributed by atoms with E-state index in [0.717, 1.165) is 5.56 Å². The van der Waals surface area contributed by atoms with Gasteiger partial charge >= 0.3 is 0 Å². The Morgan fingerprint density at radius 1 is 1.04 bits per heavy atom. The Hall–Kier alpha value is -3.32. The summed E-state index contributed by atoms with van der Waals surface area (Å²) < 4.78 is 33.3. The fourth-order valence-corrected chi connectivity index (χ4v) is 3.65. The number of ether oxygens (including phenoxy) is 1. The molecule has 0 aliphatic carbocycles. The van der Waals surface area contributed by atoms with E-state index in [2.05, 4.69) is 9.71 Å². The van der Waals surface area contributed by atoms with E-state index in [-0.39, 0.29) is 10.6 Å². The minimum atomic E-state index is -3.83. The van der Waals surface area contributed by atoms with Gasteiger partial charge in [0.05, 0.1) is 23.4 Å². The molecule has 0 heterocycles. The number of phenols is 1. The number of anilines is 1. The zero-order valence-corrected chi connectivity index (χ0v) is 16.3. The molecule has 144 valence electrons. The number of benzene rings is 3. The van der Waals surface area contributed by atoms with E-state index in [1.165, 1.54) is 25.5 Å². The summed E-state index contributed by atoms with van der Waals surface area (Å²) in [7, 11) is -2.35. The number of hydrogen-bond acceptors (Lipinski definition) is 5. The molecule has 7 heteroatoms. The minimum Gasteiger partial charge on any atom is -0.507 e. The number of phenolic OH excluding ortho intramolecular Hbond substituents is 1. The number of methoxy groups -OCH3 is 1. The van der Waals surface area contributed by atoms with Crippen molar-refractivity contribution in [1.29, 1.82) is 0 Å². The lowest BCUT2D eigenvalue weighted by atomic mass is 10.2. The molecule has 3 aromatic carbocycles. The van der Waals surface area contributed by atoms with Crippen molar-refractivity contribution in [2.24, 2.45) is 4.99 Å². The monoisotopic (exact) mass is 396 g/mol. The fraction of sp³-hybridized carbons (Fsp3) is 0.0952. The lowest BCUT2D eigenvalue weighted by molar-refractivity contribution is 0.417. The van der Waals surface area contributed by atoms with Crippen LogP contribution in [-0.2, 0) is 10.0 Å². The van der Waals surface area contributed by atoms with E-state index in [1.807, 2.05) is 6.92 Å². The highest BCUT2D eigenvalue weighted by atomic mass is 32.2. The molecule has 0 saturated heterocycles. The highest BCUT2D eigenvalue weighted by Crippen LogP contribution is 2.28. The van der Waals surface area contributed by atoms with Crippen molar-refractivity contribution in [3.05, 3.63) is 77.9 Å². The summed E-state index contributed by atoms with van der Waals surface area (Å²) in [4.78, 5) is 4.43. The Balaban J connectivity index is 1.93. The Morgan fingerprint density at radius 3 is 2.50 bits per heavy atom. The molecule has 28 heavy (non-hydrogen) atoms. The topological polar surface area (TPSA) is 88.0 Å². The first-order valence-corrected chi connectivity index (χ1v) is 9.97. The van der Waals surface area contributed by atoms with Gasteiger partial charge < -0.3 is 9.84 Å². The number of aromatic hydroxyl groups is 1. The molecule has 2 N–H and O–H groups in total. The van der Waals surface area contributed by atoms with Gasteiger partial charge in [0.1, 0.15) is 11.5 Å². The largest absolute Gasteiger partial charge is 0.507 e. The third-order valence-electron chi connectivity index (χ3n) is 4.12. The van der Waals surface area contributed by atoms with Crippen LogP contribution in [0.1, 0.15) is 11.1 Å². The second-order valence-electron chi connectivity index (χ2n) is 6.07. The summed E-state index contributed by atoms with van der Waals surface area (Å²) in [6.07, 6.45) is 1.50. The van der Waals surface area contributed by atoms with E-state index in [9.17, 15) is 13.5 Å². The standard InChI is InChI=1S/C21H20N2O4S/c1-15-11-12-17(13-19(15)22-14-16-7-3-5-9-20(16)24)28(25,26)23-18-8-4-6-10-21(18)27-2/h3-14,23-24H,1-2H3. The normalized spacial score (nSPS) is 11.5. The Kier molecular flexibility index (Phi) is 5.65. The van der Waals surface area contributed by atoms with Gasteiger partial charge in [-0.15, -0.1) is 0 Å². The van der Waals surface area contributed by atoms with Crippen molar-refractivity contribution < 1.29 is 18.3 Å². The molecule has 0 atom stereocenters. The maximum Gasteiger partial charge on any atom is 0.262 e. The molecule has 3 aromatic rings. The average molecular weight is 396 g/mol. The van der Waals surface area contributed by atoms with Gasteiger partial charge in [-0.1, -0.05) is 30.3 Å². The molecule has 0 bridgehead atoms. The summed E-state index contributed by atoms with van der Waals surface area (Å²) in [5, 5.41) is 9.85. The molecule has 0 fully saturated rings. The first-order chi connectivity index (χ1) is 13.4. The van der Waals surface area contributed by atoms with Crippen LogP contribution in [0, 0.1) is 6.92 Å². The number of para-hydroxylation sites is 3. The van der Waals surface area contributed by atoms with Gasteiger partial charge in [0.2, 0.25) is 0 Å². The van der Waals surface area contributed by atoms with Gasteiger partial charge in [-0.05, 0) is 48.9 Å². The molecule has 3 rings (SSSR count). The molecule has 0 amide bonds. The van der Waals surface area contributed by atoms with E-state index in [4.69, 9.17) is 4.74 Å². The molecular formula is C21H20N2O4S.